The van der Waals surface area contributed by atoms with Gasteiger partial charge in [0.1, 0.15) is 17.3 Å². The number of pyridine rings is 1. The number of aryl methyl sites for hydroxylation is 3. The van der Waals surface area contributed by atoms with Crippen LogP contribution >= 0.6 is 0 Å². The molecule has 57 heavy (non-hydrogen) atoms. The van der Waals surface area contributed by atoms with Crippen molar-refractivity contribution in [3.8, 4) is 51.5 Å². The van der Waals surface area contributed by atoms with Gasteiger partial charge in [-0.25, -0.2) is 19.9 Å². The number of ether oxygens (including phenoxy) is 1. The fourth-order valence-electron chi connectivity index (χ4n) is 7.19. The summed E-state index contributed by atoms with van der Waals surface area (Å²) in [5.74, 6) is 3.78. The summed E-state index contributed by atoms with van der Waals surface area (Å²) >= 11 is 0. The van der Waals surface area contributed by atoms with Gasteiger partial charge in [0.15, 0.2) is 24.5 Å². The van der Waals surface area contributed by atoms with E-state index in [1.807, 2.05) is 65.1 Å². The Bertz CT molecular complexity index is 2910. The Labute approximate surface area is 332 Å². The summed E-state index contributed by atoms with van der Waals surface area (Å²) in [5.41, 5.74) is 10.1. The van der Waals surface area contributed by atoms with Crippen LogP contribution in [0.4, 0.5) is 5.69 Å². The molecular weight excluding hydrogens is 703 g/mol. The van der Waals surface area contributed by atoms with Gasteiger partial charge in [-0.15, -0.1) is 0 Å². The molecule has 0 saturated carbocycles. The zero-order valence-electron chi connectivity index (χ0n) is 33.2. The van der Waals surface area contributed by atoms with Crippen molar-refractivity contribution in [3.63, 3.8) is 0 Å². The van der Waals surface area contributed by atoms with Gasteiger partial charge in [0, 0.05) is 40.2 Å². The van der Waals surface area contributed by atoms with E-state index < -0.39 is 0 Å². The van der Waals surface area contributed by atoms with Gasteiger partial charge in [-0.2, -0.15) is 0 Å². The number of hydrogen-bond acceptors (Lipinski definition) is 5. The molecule has 4 heterocycles. The lowest BCUT2D eigenvalue weighted by atomic mass is 9.86. The molecule has 8 heteroatoms. The summed E-state index contributed by atoms with van der Waals surface area (Å²) in [4.78, 5) is 20.3. The standard InChI is InChI=1S/C49H43N7O/c1-31-11-15-34(16-12-31)46-51-47(35-17-13-32(2)14-18-35)53-48(52-46)41-28-40-39-26-36(49(4,5)6)19-20-42(39)56(45-25-33(3)21-22-50-45)43(40)29-44(41)57-38-10-8-9-37(27-38)55-24-23-54(7)30-55/h8-29H,1-7H3/q+2. The van der Waals surface area contributed by atoms with E-state index in [1.54, 1.807) is 0 Å². The second-order valence-electron chi connectivity index (χ2n) is 15.9. The van der Waals surface area contributed by atoms with E-state index in [9.17, 15) is 0 Å². The molecule has 278 valence electrons. The van der Waals surface area contributed by atoms with Crippen LogP contribution in [0, 0.1) is 20.8 Å². The van der Waals surface area contributed by atoms with Crippen molar-refractivity contribution < 1.29 is 13.9 Å². The normalized spacial score (nSPS) is 12.7. The van der Waals surface area contributed by atoms with Gasteiger partial charge in [0.2, 0.25) is 11.9 Å². The van der Waals surface area contributed by atoms with Crippen molar-refractivity contribution in [1.29, 1.82) is 0 Å². The molecule has 5 aromatic carbocycles. The third kappa shape index (κ3) is 6.92. The largest absolute Gasteiger partial charge is 0.495 e. The minimum absolute atomic E-state index is 0.0601. The van der Waals surface area contributed by atoms with Crippen LogP contribution in [0.2, 0.25) is 0 Å². The lowest BCUT2D eigenvalue weighted by Crippen LogP contribution is -2.10. The third-order valence-electron chi connectivity index (χ3n) is 10.4. The SMILES string of the molecule is Cc1ccc(-c2nc(-c3ccc(C)cc3)nc(-c3cc4c5cc(C(C)(C)C)ccc5n(-c5cc(C)ccn5)c4cc3Oc3cccc([N+]4=C=[N+](C)C=C4)c3)n2)cc1. The zero-order chi connectivity index (χ0) is 39.4. The fraction of sp³-hybridized carbons (Fsp3) is 0.163. The Hall–Kier alpha value is -7.02. The maximum absolute atomic E-state index is 6.98. The minimum atomic E-state index is -0.0601. The topological polar surface area (TPSA) is 71.7 Å². The van der Waals surface area contributed by atoms with E-state index in [0.717, 1.165) is 66.7 Å². The highest BCUT2D eigenvalue weighted by molar-refractivity contribution is 6.11. The van der Waals surface area contributed by atoms with Gasteiger partial charge >= 0.3 is 6.01 Å². The number of rotatable bonds is 7. The summed E-state index contributed by atoms with van der Waals surface area (Å²) < 4.78 is 13.0. The van der Waals surface area contributed by atoms with Crippen LogP contribution in [0.1, 0.15) is 43.0 Å². The monoisotopic (exact) mass is 745 g/mol. The molecule has 0 unspecified atom stereocenters. The summed E-state index contributed by atoms with van der Waals surface area (Å²) in [5, 5.41) is 2.15. The molecule has 9 rings (SSSR count). The summed E-state index contributed by atoms with van der Waals surface area (Å²) in [6, 6.07) is 43.1. The van der Waals surface area contributed by atoms with Crippen LogP contribution in [-0.4, -0.2) is 46.7 Å². The second-order valence-corrected chi connectivity index (χ2v) is 15.9. The van der Waals surface area contributed by atoms with Crippen molar-refractivity contribution >= 4 is 33.5 Å². The number of hydrogen-bond donors (Lipinski definition) is 0. The van der Waals surface area contributed by atoms with Gasteiger partial charge in [-0.1, -0.05) is 102 Å². The van der Waals surface area contributed by atoms with Crippen LogP contribution in [0.5, 0.6) is 11.5 Å². The lowest BCUT2D eigenvalue weighted by molar-refractivity contribution is -0.429. The summed E-state index contributed by atoms with van der Waals surface area (Å²) in [7, 11) is 1.95. The van der Waals surface area contributed by atoms with Gasteiger partial charge < -0.3 is 4.74 Å². The lowest BCUT2D eigenvalue weighted by Gasteiger charge is -2.19. The average Bonchev–Trinajstić information content (AvgIpc) is 3.78. The van der Waals surface area contributed by atoms with Gasteiger partial charge in [0.05, 0.1) is 22.7 Å². The molecule has 1 aliphatic heterocycles. The molecule has 0 radical (unpaired) electrons. The Morgan fingerprint density at radius 1 is 0.632 bits per heavy atom. The molecule has 0 spiro atoms. The molecule has 8 aromatic rings. The van der Waals surface area contributed by atoms with Crippen molar-refractivity contribution in [1.82, 2.24) is 24.5 Å². The maximum Gasteiger partial charge on any atom is 0.495 e. The van der Waals surface area contributed by atoms with Crippen LogP contribution in [0.3, 0.4) is 0 Å². The second kappa shape index (κ2) is 13.9. The highest BCUT2D eigenvalue weighted by atomic mass is 16.5. The van der Waals surface area contributed by atoms with E-state index in [-0.39, 0.29) is 5.41 Å². The van der Waals surface area contributed by atoms with E-state index in [1.165, 1.54) is 5.56 Å². The number of nitrogens with zero attached hydrogens (tertiary/aromatic N) is 7. The van der Waals surface area contributed by atoms with Gasteiger partial charge in [0.25, 0.3) is 6.20 Å². The van der Waals surface area contributed by atoms with Gasteiger partial charge in [-0.3, -0.25) is 4.57 Å². The predicted octanol–water partition coefficient (Wildman–Crippen LogP) is 11.3. The Balaban J connectivity index is 1.35. The molecule has 0 amide bonds. The van der Waals surface area contributed by atoms with Crippen LogP contribution < -0.4 is 4.74 Å². The molecule has 1 aliphatic rings. The van der Waals surface area contributed by atoms with E-state index >= 15 is 0 Å². The van der Waals surface area contributed by atoms with Gasteiger partial charge in [-0.05, 0) is 73.7 Å². The molecule has 0 fully saturated rings. The van der Waals surface area contributed by atoms with E-state index in [4.69, 9.17) is 24.7 Å². The van der Waals surface area contributed by atoms with Crippen molar-refractivity contribution in [2.24, 2.45) is 0 Å². The summed E-state index contributed by atoms with van der Waals surface area (Å²) in [6.07, 6.45) is 5.80. The maximum atomic E-state index is 6.98. The average molecular weight is 746 g/mol. The molecule has 0 N–H and O–H groups in total. The first-order valence-electron chi connectivity index (χ1n) is 19.2. The quantitative estimate of drug-likeness (QED) is 0.152. The van der Waals surface area contributed by atoms with Crippen molar-refractivity contribution in [2.75, 3.05) is 7.05 Å². The Kier molecular flexibility index (Phi) is 8.71. The van der Waals surface area contributed by atoms with Crippen molar-refractivity contribution in [2.45, 2.75) is 47.0 Å². The number of benzene rings is 5. The van der Waals surface area contributed by atoms with Crippen LogP contribution in [0.25, 0.3) is 61.8 Å². The predicted molar refractivity (Wildman–Crippen MR) is 228 cm³/mol. The third-order valence-corrected chi connectivity index (χ3v) is 10.4. The number of aromatic nitrogens is 5. The Morgan fingerprint density at radius 3 is 1.93 bits per heavy atom. The summed E-state index contributed by atoms with van der Waals surface area (Å²) in [6.45, 7) is 13.0. The number of fused-ring (bicyclic) bond motifs is 3. The molecule has 0 saturated heterocycles. The van der Waals surface area contributed by atoms with Crippen LogP contribution in [-0.2, 0) is 5.41 Å². The molecular formula is C49H43N7O+2. The Morgan fingerprint density at radius 2 is 1.30 bits per heavy atom. The molecule has 0 aliphatic carbocycles. The van der Waals surface area contributed by atoms with E-state index in [2.05, 4.69) is 137 Å². The smallest absolute Gasteiger partial charge is 0.456 e. The highest BCUT2D eigenvalue weighted by Crippen LogP contribution is 2.43. The molecule has 0 atom stereocenters. The fourth-order valence-corrected chi connectivity index (χ4v) is 7.19. The zero-order valence-corrected chi connectivity index (χ0v) is 33.2. The van der Waals surface area contributed by atoms with Crippen molar-refractivity contribution in [3.05, 3.63) is 156 Å². The minimum Gasteiger partial charge on any atom is -0.456 e. The van der Waals surface area contributed by atoms with Crippen LogP contribution in [0.15, 0.2) is 134 Å². The molecule has 3 aromatic heterocycles. The first-order valence-corrected chi connectivity index (χ1v) is 19.2. The molecule has 8 nitrogen and oxygen atoms in total. The first-order chi connectivity index (χ1) is 27.5. The highest BCUT2D eigenvalue weighted by Gasteiger charge is 2.24. The first kappa shape index (κ1) is 35.7. The van der Waals surface area contributed by atoms with E-state index in [0.29, 0.717) is 29.0 Å². The molecule has 0 bridgehead atoms.